The number of aryl methyl sites for hydroxylation is 1. The summed E-state index contributed by atoms with van der Waals surface area (Å²) in [5, 5.41) is 0. The number of benzene rings is 2. The van der Waals surface area contributed by atoms with Crippen LogP contribution in [-0.4, -0.2) is 14.0 Å². The molecule has 2 aromatic rings. The van der Waals surface area contributed by atoms with Gasteiger partial charge in [-0.05, 0) is 37.0 Å². The van der Waals surface area contributed by atoms with E-state index >= 15 is 0 Å². The number of fused-ring (bicyclic) bond motifs is 1. The van der Waals surface area contributed by atoms with Crippen molar-refractivity contribution < 1.29 is 13.2 Å². The molecule has 0 fully saturated rings. The number of hydrogen-bond acceptors (Lipinski definition) is 3. The van der Waals surface area contributed by atoms with E-state index in [1.165, 1.54) is 0 Å². The first kappa shape index (κ1) is 18.9. The minimum Gasteiger partial charge on any atom is -0.487 e. The van der Waals surface area contributed by atoms with E-state index in [1.807, 2.05) is 55.5 Å². The third-order valence-electron chi connectivity index (χ3n) is 5.41. The molecule has 0 saturated carbocycles. The van der Waals surface area contributed by atoms with Crippen LogP contribution in [0.4, 0.5) is 0 Å². The summed E-state index contributed by atoms with van der Waals surface area (Å²) in [5.41, 5.74) is 2.40. The molecule has 26 heavy (non-hydrogen) atoms. The summed E-state index contributed by atoms with van der Waals surface area (Å²) >= 11 is 0. The van der Waals surface area contributed by atoms with Gasteiger partial charge in [-0.1, -0.05) is 56.3 Å². The molecule has 140 valence electrons. The highest BCUT2D eigenvalue weighted by Gasteiger charge is 2.39. The van der Waals surface area contributed by atoms with Crippen molar-refractivity contribution >= 4 is 10.0 Å². The van der Waals surface area contributed by atoms with Gasteiger partial charge in [0.1, 0.15) is 11.4 Å². The van der Waals surface area contributed by atoms with Crippen molar-refractivity contribution in [2.45, 2.75) is 57.4 Å². The average molecular weight is 374 g/mol. The Balaban J connectivity index is 1.89. The van der Waals surface area contributed by atoms with Crippen molar-refractivity contribution in [3.8, 4) is 5.75 Å². The van der Waals surface area contributed by atoms with E-state index in [2.05, 4.69) is 18.6 Å². The van der Waals surface area contributed by atoms with E-state index in [0.29, 0.717) is 6.42 Å². The molecule has 0 unspecified atom stereocenters. The lowest BCUT2D eigenvalue weighted by Gasteiger charge is -2.41. The third-order valence-corrected chi connectivity index (χ3v) is 6.75. The molecule has 0 saturated heterocycles. The van der Waals surface area contributed by atoms with E-state index in [-0.39, 0.29) is 17.4 Å². The molecule has 0 amide bonds. The zero-order valence-corrected chi connectivity index (χ0v) is 16.5. The lowest BCUT2D eigenvalue weighted by molar-refractivity contribution is 0.0260. The van der Waals surface area contributed by atoms with Gasteiger partial charge in [-0.2, -0.15) is 0 Å². The second-order valence-corrected chi connectivity index (χ2v) is 8.84. The summed E-state index contributed by atoms with van der Waals surface area (Å²) in [5.74, 6) is 0.774. The van der Waals surface area contributed by atoms with Gasteiger partial charge in [0, 0.05) is 12.0 Å². The van der Waals surface area contributed by atoms with Crippen LogP contribution in [0.25, 0.3) is 0 Å². The number of sulfonamides is 1. The fraction of sp³-hybridized carbons (Fsp3) is 0.429. The van der Waals surface area contributed by atoms with E-state index in [1.54, 1.807) is 0 Å². The third kappa shape index (κ3) is 3.94. The monoisotopic (exact) mass is 373 g/mol. The van der Waals surface area contributed by atoms with Gasteiger partial charge >= 0.3 is 0 Å². The Morgan fingerprint density at radius 3 is 2.42 bits per heavy atom. The van der Waals surface area contributed by atoms with Gasteiger partial charge in [0.2, 0.25) is 10.0 Å². The standard InChI is InChI=1S/C21H27NO3S/c1-4-21(5-2)14-19(18-12-8-9-13-20(18)25-21)22-26(23,24)15-17-11-7-6-10-16(17)3/h6-13,19,22H,4-5,14-15H2,1-3H3/t19-/m0/s1. The highest BCUT2D eigenvalue weighted by molar-refractivity contribution is 7.88. The molecule has 3 rings (SSSR count). The molecule has 2 aromatic carbocycles. The molecule has 0 radical (unpaired) electrons. The Kier molecular flexibility index (Phi) is 5.39. The summed E-state index contributed by atoms with van der Waals surface area (Å²) in [6.07, 6.45) is 2.33. The van der Waals surface area contributed by atoms with Crippen molar-refractivity contribution in [1.82, 2.24) is 4.72 Å². The summed E-state index contributed by atoms with van der Waals surface area (Å²) in [6.45, 7) is 6.13. The minimum atomic E-state index is -3.47. The van der Waals surface area contributed by atoms with Crippen LogP contribution in [0.2, 0.25) is 0 Å². The van der Waals surface area contributed by atoms with Crippen molar-refractivity contribution in [2.75, 3.05) is 0 Å². The highest BCUT2D eigenvalue weighted by atomic mass is 32.2. The maximum atomic E-state index is 12.9. The number of para-hydroxylation sites is 1. The van der Waals surface area contributed by atoms with Crippen molar-refractivity contribution in [3.63, 3.8) is 0 Å². The van der Waals surface area contributed by atoms with Crippen LogP contribution in [0, 0.1) is 6.92 Å². The quantitative estimate of drug-likeness (QED) is 0.811. The zero-order valence-electron chi connectivity index (χ0n) is 15.7. The summed E-state index contributed by atoms with van der Waals surface area (Å²) < 4.78 is 34.9. The van der Waals surface area contributed by atoms with Crippen molar-refractivity contribution in [2.24, 2.45) is 0 Å². The van der Waals surface area contributed by atoms with Crippen LogP contribution < -0.4 is 9.46 Å². The molecule has 0 spiro atoms. The van der Waals surface area contributed by atoms with Crippen LogP contribution in [0.15, 0.2) is 48.5 Å². The Morgan fingerprint density at radius 1 is 1.08 bits per heavy atom. The predicted octanol–water partition coefficient (Wildman–Crippen LogP) is 4.50. The van der Waals surface area contributed by atoms with Crippen molar-refractivity contribution in [3.05, 3.63) is 65.2 Å². The molecule has 4 nitrogen and oxygen atoms in total. The molecule has 0 aromatic heterocycles. The van der Waals surface area contributed by atoms with Gasteiger partial charge in [0.05, 0.1) is 11.8 Å². The topological polar surface area (TPSA) is 55.4 Å². The Hall–Kier alpha value is -1.85. The average Bonchev–Trinajstić information content (AvgIpc) is 2.63. The van der Waals surface area contributed by atoms with Gasteiger partial charge in [-0.25, -0.2) is 13.1 Å². The second-order valence-electron chi connectivity index (χ2n) is 7.09. The SMILES string of the molecule is CCC1(CC)C[C@H](NS(=O)(=O)Cc2ccccc2C)c2ccccc2O1. The molecule has 1 aliphatic heterocycles. The van der Waals surface area contributed by atoms with Crippen LogP contribution in [-0.2, 0) is 15.8 Å². The molecular weight excluding hydrogens is 346 g/mol. The maximum Gasteiger partial charge on any atom is 0.216 e. The Bertz CT molecular complexity index is 872. The molecular formula is C21H27NO3S. The number of nitrogens with one attached hydrogen (secondary N) is 1. The van der Waals surface area contributed by atoms with E-state index < -0.39 is 10.0 Å². The molecule has 5 heteroatoms. The molecule has 1 heterocycles. The number of hydrogen-bond donors (Lipinski definition) is 1. The van der Waals surface area contributed by atoms with Crippen molar-refractivity contribution in [1.29, 1.82) is 0 Å². The van der Waals surface area contributed by atoms with E-state index in [4.69, 9.17) is 4.74 Å². The first-order chi connectivity index (χ1) is 12.4. The van der Waals surface area contributed by atoms with Gasteiger partial charge in [-0.15, -0.1) is 0 Å². The molecule has 0 aliphatic carbocycles. The van der Waals surface area contributed by atoms with Crippen LogP contribution >= 0.6 is 0 Å². The van der Waals surface area contributed by atoms with Crippen LogP contribution in [0.1, 0.15) is 55.8 Å². The highest BCUT2D eigenvalue weighted by Crippen LogP contribution is 2.42. The minimum absolute atomic E-state index is 0.00948. The van der Waals surface area contributed by atoms with E-state index in [0.717, 1.165) is 35.3 Å². The lowest BCUT2D eigenvalue weighted by atomic mass is 9.84. The van der Waals surface area contributed by atoms with Gasteiger partial charge in [0.15, 0.2) is 0 Å². The predicted molar refractivity (Wildman–Crippen MR) is 105 cm³/mol. The molecule has 1 aliphatic rings. The second kappa shape index (κ2) is 7.41. The first-order valence-corrected chi connectivity index (χ1v) is 10.9. The maximum absolute atomic E-state index is 12.9. The zero-order chi connectivity index (χ0) is 18.8. The number of rotatable bonds is 6. The normalized spacial score (nSPS) is 18.8. The van der Waals surface area contributed by atoms with Gasteiger partial charge < -0.3 is 4.74 Å². The number of ether oxygens (including phenoxy) is 1. The van der Waals surface area contributed by atoms with Gasteiger partial charge in [-0.3, -0.25) is 0 Å². The summed E-state index contributed by atoms with van der Waals surface area (Å²) in [6, 6.07) is 15.1. The Morgan fingerprint density at radius 2 is 1.73 bits per heavy atom. The Labute approximate surface area is 156 Å². The van der Waals surface area contributed by atoms with Crippen LogP contribution in [0.5, 0.6) is 5.75 Å². The van der Waals surface area contributed by atoms with E-state index in [9.17, 15) is 8.42 Å². The fourth-order valence-electron chi connectivity index (χ4n) is 3.64. The van der Waals surface area contributed by atoms with Gasteiger partial charge in [0.25, 0.3) is 0 Å². The molecule has 1 N–H and O–H groups in total. The molecule has 1 atom stereocenters. The first-order valence-electron chi connectivity index (χ1n) is 9.20. The largest absolute Gasteiger partial charge is 0.487 e. The molecule has 0 bridgehead atoms. The summed E-state index contributed by atoms with van der Waals surface area (Å²) in [4.78, 5) is 0. The summed E-state index contributed by atoms with van der Waals surface area (Å²) in [7, 11) is -3.47. The smallest absolute Gasteiger partial charge is 0.216 e. The fourth-order valence-corrected chi connectivity index (χ4v) is 5.10. The van der Waals surface area contributed by atoms with Crippen LogP contribution in [0.3, 0.4) is 0 Å². The lowest BCUT2D eigenvalue weighted by Crippen LogP contribution is -2.44.